The van der Waals surface area contributed by atoms with Crippen LogP contribution in [-0.2, 0) is 11.3 Å². The number of aromatic nitrogens is 2. The Morgan fingerprint density at radius 3 is 2.48 bits per heavy atom. The first kappa shape index (κ1) is 17.3. The van der Waals surface area contributed by atoms with E-state index in [1.165, 1.54) is 6.92 Å². The maximum Gasteiger partial charge on any atom is 0.216 e. The summed E-state index contributed by atoms with van der Waals surface area (Å²) in [6.07, 6.45) is 0. The molecule has 0 bridgehead atoms. The molecule has 0 saturated carbocycles. The van der Waals surface area contributed by atoms with Crippen LogP contribution in [0.4, 0.5) is 0 Å². The number of rotatable bonds is 6. The molecule has 1 atom stereocenters. The molecular formula is C19H20N4OS. The Kier molecular flexibility index (Phi) is 5.53. The largest absolute Gasteiger partial charge is 0.355 e. The fraction of sp³-hybridized carbons (Fsp3) is 0.211. The van der Waals surface area contributed by atoms with Crippen LogP contribution >= 0.6 is 11.3 Å². The lowest BCUT2D eigenvalue weighted by atomic mass is 9.98. The minimum Gasteiger partial charge on any atom is -0.355 e. The quantitative estimate of drug-likeness (QED) is 0.715. The van der Waals surface area contributed by atoms with Crippen LogP contribution in [0, 0.1) is 0 Å². The summed E-state index contributed by atoms with van der Waals surface area (Å²) in [5, 5.41) is 13.4. The molecule has 0 unspecified atom stereocenters. The van der Waals surface area contributed by atoms with Gasteiger partial charge in [0.2, 0.25) is 5.91 Å². The van der Waals surface area contributed by atoms with Crippen LogP contribution in [0.2, 0.25) is 0 Å². The van der Waals surface area contributed by atoms with E-state index in [0.29, 0.717) is 13.1 Å². The molecule has 0 aliphatic carbocycles. The number of carbonyl (C=O) groups excluding carboxylic acids is 1. The van der Waals surface area contributed by atoms with E-state index >= 15 is 0 Å². The van der Waals surface area contributed by atoms with Gasteiger partial charge in [-0.15, -0.1) is 10.2 Å². The third kappa shape index (κ3) is 4.29. The second kappa shape index (κ2) is 8.00. The van der Waals surface area contributed by atoms with Crippen LogP contribution in [0.5, 0.6) is 0 Å². The number of nitrogens with one attached hydrogen (secondary N) is 1. The summed E-state index contributed by atoms with van der Waals surface area (Å²) in [7, 11) is 0. The predicted molar refractivity (Wildman–Crippen MR) is 100 cm³/mol. The van der Waals surface area contributed by atoms with Gasteiger partial charge in [0, 0.05) is 25.6 Å². The van der Waals surface area contributed by atoms with Crippen molar-refractivity contribution in [3.63, 3.8) is 0 Å². The van der Waals surface area contributed by atoms with E-state index in [1.807, 2.05) is 54.6 Å². The number of nitrogens with zero attached hydrogens (tertiary/aromatic N) is 2. The minimum absolute atomic E-state index is 0.0364. The summed E-state index contributed by atoms with van der Waals surface area (Å²) in [5.41, 5.74) is 8.88. The summed E-state index contributed by atoms with van der Waals surface area (Å²) in [5.74, 6) is -0.0953. The lowest BCUT2D eigenvalue weighted by Gasteiger charge is -2.15. The Hall–Kier alpha value is -2.57. The highest BCUT2D eigenvalue weighted by Crippen LogP contribution is 2.31. The first-order valence-electron chi connectivity index (χ1n) is 8.09. The van der Waals surface area contributed by atoms with Crippen molar-refractivity contribution in [3.05, 3.63) is 70.7 Å². The van der Waals surface area contributed by atoms with Gasteiger partial charge in [0.05, 0.1) is 5.92 Å². The Labute approximate surface area is 150 Å². The van der Waals surface area contributed by atoms with E-state index in [2.05, 4.69) is 15.5 Å². The van der Waals surface area contributed by atoms with Crippen molar-refractivity contribution in [2.45, 2.75) is 19.4 Å². The van der Waals surface area contributed by atoms with Crippen LogP contribution in [0.25, 0.3) is 10.6 Å². The molecule has 6 heteroatoms. The van der Waals surface area contributed by atoms with Gasteiger partial charge < -0.3 is 11.1 Å². The fourth-order valence-corrected chi connectivity index (χ4v) is 3.53. The molecule has 3 rings (SSSR count). The zero-order valence-corrected chi connectivity index (χ0v) is 14.8. The minimum atomic E-state index is -0.0589. The highest BCUT2D eigenvalue weighted by atomic mass is 32.1. The van der Waals surface area contributed by atoms with Gasteiger partial charge >= 0.3 is 0 Å². The van der Waals surface area contributed by atoms with E-state index in [0.717, 1.165) is 26.7 Å². The van der Waals surface area contributed by atoms with Crippen molar-refractivity contribution in [2.24, 2.45) is 5.73 Å². The predicted octanol–water partition coefficient (Wildman–Crippen LogP) is 2.93. The van der Waals surface area contributed by atoms with Crippen molar-refractivity contribution < 1.29 is 4.79 Å². The van der Waals surface area contributed by atoms with E-state index in [-0.39, 0.29) is 11.8 Å². The molecule has 5 nitrogen and oxygen atoms in total. The van der Waals surface area contributed by atoms with Crippen LogP contribution < -0.4 is 11.1 Å². The van der Waals surface area contributed by atoms with E-state index in [4.69, 9.17) is 5.73 Å². The Morgan fingerprint density at radius 1 is 1.12 bits per heavy atom. The van der Waals surface area contributed by atoms with Crippen molar-refractivity contribution in [1.29, 1.82) is 0 Å². The normalized spacial score (nSPS) is 11.9. The summed E-state index contributed by atoms with van der Waals surface area (Å²) >= 11 is 1.55. The van der Waals surface area contributed by atoms with Crippen LogP contribution in [0.3, 0.4) is 0 Å². The monoisotopic (exact) mass is 352 g/mol. The molecule has 0 spiro atoms. The molecule has 2 aromatic carbocycles. The number of nitrogens with two attached hydrogens (primary N) is 1. The topological polar surface area (TPSA) is 80.9 Å². The standard InChI is InChI=1S/C19H20N4OS/c1-13(24)21-12-17(15-9-7-14(11-20)8-10-15)19-23-22-18(25-19)16-5-3-2-4-6-16/h2-10,17H,11-12,20H2,1H3,(H,21,24)/t17-/m0/s1. The zero-order chi connectivity index (χ0) is 17.6. The van der Waals surface area contributed by atoms with E-state index < -0.39 is 0 Å². The van der Waals surface area contributed by atoms with E-state index in [9.17, 15) is 4.79 Å². The first-order chi connectivity index (χ1) is 12.2. The smallest absolute Gasteiger partial charge is 0.216 e. The van der Waals surface area contributed by atoms with Gasteiger partial charge in [-0.2, -0.15) is 0 Å². The molecule has 3 aromatic rings. The molecule has 0 fully saturated rings. The Bertz CT molecular complexity index is 830. The number of hydrogen-bond donors (Lipinski definition) is 2. The van der Waals surface area contributed by atoms with Crippen LogP contribution in [0.1, 0.15) is 29.0 Å². The van der Waals surface area contributed by atoms with Crippen molar-refractivity contribution in [3.8, 4) is 10.6 Å². The molecule has 128 valence electrons. The molecule has 25 heavy (non-hydrogen) atoms. The van der Waals surface area contributed by atoms with Gasteiger partial charge in [-0.05, 0) is 11.1 Å². The average Bonchev–Trinajstić information content (AvgIpc) is 3.13. The molecule has 1 aromatic heterocycles. The van der Waals surface area contributed by atoms with Crippen LogP contribution in [-0.4, -0.2) is 22.6 Å². The summed E-state index contributed by atoms with van der Waals surface area (Å²) < 4.78 is 0. The van der Waals surface area contributed by atoms with Crippen molar-refractivity contribution >= 4 is 17.2 Å². The molecule has 1 amide bonds. The number of carbonyl (C=O) groups is 1. The summed E-state index contributed by atoms with van der Waals surface area (Å²) in [6, 6.07) is 18.1. The van der Waals surface area contributed by atoms with Gasteiger partial charge in [0.1, 0.15) is 10.0 Å². The lowest BCUT2D eigenvalue weighted by molar-refractivity contribution is -0.118. The Morgan fingerprint density at radius 2 is 1.84 bits per heavy atom. The van der Waals surface area contributed by atoms with Crippen molar-refractivity contribution in [1.82, 2.24) is 15.5 Å². The van der Waals surface area contributed by atoms with Gasteiger partial charge in [-0.1, -0.05) is 65.9 Å². The van der Waals surface area contributed by atoms with Gasteiger partial charge in [0.15, 0.2) is 0 Å². The van der Waals surface area contributed by atoms with Gasteiger partial charge in [0.25, 0.3) is 0 Å². The molecule has 1 heterocycles. The summed E-state index contributed by atoms with van der Waals surface area (Å²) in [4.78, 5) is 11.4. The molecule has 3 N–H and O–H groups in total. The molecule has 0 radical (unpaired) electrons. The fourth-order valence-electron chi connectivity index (χ4n) is 2.55. The van der Waals surface area contributed by atoms with Gasteiger partial charge in [-0.3, -0.25) is 4.79 Å². The third-order valence-electron chi connectivity index (χ3n) is 3.93. The SMILES string of the molecule is CC(=O)NC[C@@H](c1ccc(CN)cc1)c1nnc(-c2ccccc2)s1. The number of amides is 1. The number of hydrogen-bond acceptors (Lipinski definition) is 5. The van der Waals surface area contributed by atoms with Gasteiger partial charge in [-0.25, -0.2) is 0 Å². The van der Waals surface area contributed by atoms with Crippen LogP contribution in [0.15, 0.2) is 54.6 Å². The lowest BCUT2D eigenvalue weighted by Crippen LogP contribution is -2.26. The average molecular weight is 352 g/mol. The third-order valence-corrected chi connectivity index (χ3v) is 5.02. The Balaban J connectivity index is 1.91. The molecule has 0 saturated heterocycles. The first-order valence-corrected chi connectivity index (χ1v) is 8.91. The highest BCUT2D eigenvalue weighted by Gasteiger charge is 2.20. The second-order valence-corrected chi connectivity index (χ2v) is 6.76. The van der Waals surface area contributed by atoms with E-state index in [1.54, 1.807) is 11.3 Å². The molecule has 0 aliphatic rings. The molecular weight excluding hydrogens is 332 g/mol. The summed E-state index contributed by atoms with van der Waals surface area (Å²) in [6.45, 7) is 2.51. The maximum atomic E-state index is 11.4. The number of benzene rings is 2. The maximum absolute atomic E-state index is 11.4. The zero-order valence-electron chi connectivity index (χ0n) is 14.0. The highest BCUT2D eigenvalue weighted by molar-refractivity contribution is 7.14. The van der Waals surface area contributed by atoms with Crippen molar-refractivity contribution in [2.75, 3.05) is 6.54 Å². The molecule has 0 aliphatic heterocycles. The second-order valence-electron chi connectivity index (χ2n) is 5.75.